The van der Waals surface area contributed by atoms with Crippen LogP contribution in [0.3, 0.4) is 0 Å². The number of unbranched alkanes of at least 4 members (excludes halogenated alkanes) is 5. The maximum absolute atomic E-state index is 12.9. The predicted octanol–water partition coefficient (Wildman–Crippen LogP) is 10.3. The molecule has 198 valence electrons. The molecule has 4 aliphatic rings. The summed E-state index contributed by atoms with van der Waals surface area (Å²) in [5.74, 6) is 3.70. The Bertz CT molecular complexity index is 920. The number of hydrogen-bond acceptors (Lipinski definition) is 2. The Morgan fingerprint density at radius 3 is 2.50 bits per heavy atom. The third-order valence-electron chi connectivity index (χ3n) is 11.4. The fourth-order valence-electron chi connectivity index (χ4n) is 9.28. The molecule has 0 saturated heterocycles. The van der Waals surface area contributed by atoms with Crippen LogP contribution in [0.1, 0.15) is 127 Å². The van der Waals surface area contributed by atoms with Gasteiger partial charge in [0.1, 0.15) is 0 Å². The molecule has 4 aliphatic carbocycles. The first kappa shape index (κ1) is 26.6. The molecule has 2 heteroatoms. The number of fused-ring (bicyclic) bond motifs is 5. The van der Waals surface area contributed by atoms with Crippen LogP contribution in [0.15, 0.2) is 42.0 Å². The Labute approximate surface area is 225 Å². The lowest BCUT2D eigenvalue weighted by atomic mass is 9.47. The Kier molecular flexibility index (Phi) is 8.41. The minimum Gasteiger partial charge on any atom is -0.282 e. The molecule has 0 radical (unpaired) electrons. The van der Waals surface area contributed by atoms with Gasteiger partial charge in [0.05, 0.1) is 0 Å². The van der Waals surface area contributed by atoms with Crippen molar-refractivity contribution in [2.75, 3.05) is 0 Å². The van der Waals surface area contributed by atoms with Gasteiger partial charge < -0.3 is 0 Å². The maximum Gasteiger partial charge on any atom is 0.219 e. The second-order valence-electron chi connectivity index (χ2n) is 13.3. The Hall–Kier alpha value is -1.02. The number of thioether (sulfide) groups is 1. The van der Waals surface area contributed by atoms with Gasteiger partial charge in [-0.05, 0) is 92.3 Å². The van der Waals surface area contributed by atoms with Crippen LogP contribution >= 0.6 is 11.8 Å². The highest BCUT2D eigenvalue weighted by molar-refractivity contribution is 8.14. The molecule has 5 rings (SSSR count). The molecule has 0 bridgehead atoms. The highest BCUT2D eigenvalue weighted by Gasteiger charge is 2.58. The summed E-state index contributed by atoms with van der Waals surface area (Å²) in [7, 11) is 0. The van der Waals surface area contributed by atoms with E-state index in [9.17, 15) is 4.79 Å². The first-order chi connectivity index (χ1) is 17.5. The molecule has 0 N–H and O–H groups in total. The van der Waals surface area contributed by atoms with Crippen LogP contribution in [-0.4, -0.2) is 10.4 Å². The molecule has 0 aromatic heterocycles. The van der Waals surface area contributed by atoms with Crippen molar-refractivity contribution >= 4 is 16.9 Å². The van der Waals surface area contributed by atoms with Gasteiger partial charge >= 0.3 is 0 Å². The van der Waals surface area contributed by atoms with Gasteiger partial charge in [-0.3, -0.25) is 4.79 Å². The standard InChI is InChI=1S/C34H50OS/c1-4-5-6-7-8-12-15-26-17-19-30-29-18-16-27-24-28(36-32(35)25-13-10-9-11-14-25)20-22-34(27,3)31(29)21-23-33(26,30)2/h9-11,13-14,16,26,28-31H,4-8,12,15,17-24H2,1-3H3/t26-,28-,29+,30+,31-,33+,34-/m0/s1. The van der Waals surface area contributed by atoms with Gasteiger partial charge in [-0.15, -0.1) is 0 Å². The number of benzene rings is 1. The van der Waals surface area contributed by atoms with E-state index in [-0.39, 0.29) is 5.12 Å². The van der Waals surface area contributed by atoms with Gasteiger partial charge in [0.2, 0.25) is 5.12 Å². The molecule has 0 heterocycles. The number of carbonyl (C=O) groups excluding carboxylic acids is 1. The lowest BCUT2D eigenvalue weighted by molar-refractivity contribution is -0.0421. The fourth-order valence-corrected chi connectivity index (χ4v) is 10.3. The monoisotopic (exact) mass is 506 g/mol. The second kappa shape index (κ2) is 11.4. The zero-order valence-corrected chi connectivity index (χ0v) is 24.1. The molecule has 1 aromatic carbocycles. The first-order valence-corrected chi connectivity index (χ1v) is 16.3. The van der Waals surface area contributed by atoms with Gasteiger partial charge in [-0.1, -0.05) is 113 Å². The van der Waals surface area contributed by atoms with Gasteiger partial charge in [0.15, 0.2) is 0 Å². The minimum atomic E-state index is 0.259. The molecule has 0 amide bonds. The minimum absolute atomic E-state index is 0.259. The Morgan fingerprint density at radius 2 is 1.69 bits per heavy atom. The molecule has 1 aromatic rings. The molecule has 1 nitrogen and oxygen atoms in total. The number of carbonyl (C=O) groups is 1. The van der Waals surface area contributed by atoms with Crippen LogP contribution in [0.4, 0.5) is 0 Å². The fraction of sp³-hybridized carbons (Fsp3) is 0.735. The normalized spacial score (nSPS) is 37.5. The van der Waals surface area contributed by atoms with Crippen molar-refractivity contribution in [2.45, 2.75) is 122 Å². The summed E-state index contributed by atoms with van der Waals surface area (Å²) in [5.41, 5.74) is 3.55. The zero-order valence-electron chi connectivity index (χ0n) is 23.3. The lowest BCUT2D eigenvalue weighted by Gasteiger charge is -2.58. The topological polar surface area (TPSA) is 17.1 Å². The Morgan fingerprint density at radius 1 is 0.917 bits per heavy atom. The van der Waals surface area contributed by atoms with Crippen LogP contribution in [0.25, 0.3) is 0 Å². The molecule has 3 saturated carbocycles. The summed E-state index contributed by atoms with van der Waals surface area (Å²) in [4.78, 5) is 12.9. The highest BCUT2D eigenvalue weighted by atomic mass is 32.2. The summed E-state index contributed by atoms with van der Waals surface area (Å²) >= 11 is 1.61. The van der Waals surface area contributed by atoms with Crippen LogP contribution in [-0.2, 0) is 0 Å². The summed E-state index contributed by atoms with van der Waals surface area (Å²) in [6, 6.07) is 9.88. The van der Waals surface area contributed by atoms with Crippen LogP contribution in [0.2, 0.25) is 0 Å². The summed E-state index contributed by atoms with van der Waals surface area (Å²) < 4.78 is 0. The van der Waals surface area contributed by atoms with E-state index in [2.05, 4.69) is 26.8 Å². The van der Waals surface area contributed by atoms with Gasteiger partial charge in [-0.25, -0.2) is 0 Å². The van der Waals surface area contributed by atoms with E-state index in [0.717, 1.165) is 35.7 Å². The second-order valence-corrected chi connectivity index (χ2v) is 14.5. The molecule has 3 fully saturated rings. The molecular weight excluding hydrogens is 456 g/mol. The van der Waals surface area contributed by atoms with E-state index in [0.29, 0.717) is 16.1 Å². The molecular formula is C34H50OS. The van der Waals surface area contributed by atoms with E-state index in [1.165, 1.54) is 89.9 Å². The third-order valence-corrected chi connectivity index (χ3v) is 12.6. The highest BCUT2D eigenvalue weighted by Crippen LogP contribution is 2.67. The van der Waals surface area contributed by atoms with Crippen LogP contribution in [0, 0.1) is 34.5 Å². The number of rotatable bonds is 9. The van der Waals surface area contributed by atoms with E-state index in [1.54, 1.807) is 17.3 Å². The van der Waals surface area contributed by atoms with E-state index in [4.69, 9.17) is 0 Å². The van der Waals surface area contributed by atoms with Crippen molar-refractivity contribution in [3.8, 4) is 0 Å². The maximum atomic E-state index is 12.9. The lowest BCUT2D eigenvalue weighted by Crippen LogP contribution is -2.50. The molecule has 0 aliphatic heterocycles. The molecule has 0 unspecified atom stereocenters. The molecule has 7 atom stereocenters. The third kappa shape index (κ3) is 5.14. The van der Waals surface area contributed by atoms with Crippen molar-refractivity contribution in [2.24, 2.45) is 34.5 Å². The van der Waals surface area contributed by atoms with Gasteiger partial charge in [0, 0.05) is 10.8 Å². The van der Waals surface area contributed by atoms with E-state index in [1.807, 2.05) is 30.3 Å². The van der Waals surface area contributed by atoms with Crippen LogP contribution < -0.4 is 0 Å². The SMILES string of the molecule is CCCCCCCC[C@H]1CC[C@@H]2[C@H]3CC=C4C[C@@H](SC(=O)c5ccccc5)CC[C@]4(C)[C@H]3CC[C@]12C. The van der Waals surface area contributed by atoms with E-state index < -0.39 is 0 Å². The summed E-state index contributed by atoms with van der Waals surface area (Å²) in [6.45, 7) is 7.63. The first-order valence-electron chi connectivity index (χ1n) is 15.4. The van der Waals surface area contributed by atoms with Crippen molar-refractivity contribution in [1.29, 1.82) is 0 Å². The quantitative estimate of drug-likeness (QED) is 0.245. The van der Waals surface area contributed by atoms with Gasteiger partial charge in [0.25, 0.3) is 0 Å². The average Bonchev–Trinajstić information content (AvgIpc) is 3.23. The van der Waals surface area contributed by atoms with E-state index >= 15 is 0 Å². The largest absolute Gasteiger partial charge is 0.282 e. The summed E-state index contributed by atoms with van der Waals surface area (Å²) in [6.07, 6.45) is 23.6. The summed E-state index contributed by atoms with van der Waals surface area (Å²) in [5, 5.41) is 0.713. The van der Waals surface area contributed by atoms with Crippen molar-refractivity contribution in [3.05, 3.63) is 47.5 Å². The van der Waals surface area contributed by atoms with Crippen molar-refractivity contribution in [3.63, 3.8) is 0 Å². The molecule has 36 heavy (non-hydrogen) atoms. The number of hydrogen-bond donors (Lipinski definition) is 0. The Balaban J connectivity index is 1.20. The number of allylic oxidation sites excluding steroid dienone is 2. The molecule has 0 spiro atoms. The predicted molar refractivity (Wildman–Crippen MR) is 155 cm³/mol. The van der Waals surface area contributed by atoms with Crippen molar-refractivity contribution < 1.29 is 4.79 Å². The average molecular weight is 507 g/mol. The zero-order chi connectivity index (χ0) is 25.2. The van der Waals surface area contributed by atoms with Crippen LogP contribution in [0.5, 0.6) is 0 Å². The van der Waals surface area contributed by atoms with Crippen molar-refractivity contribution in [1.82, 2.24) is 0 Å². The van der Waals surface area contributed by atoms with Gasteiger partial charge in [-0.2, -0.15) is 0 Å². The smallest absolute Gasteiger partial charge is 0.219 e.